The number of pyridine rings is 1. The van der Waals surface area contributed by atoms with E-state index in [0.29, 0.717) is 13.0 Å². The summed E-state index contributed by atoms with van der Waals surface area (Å²) in [6.07, 6.45) is 1.18. The highest BCUT2D eigenvalue weighted by molar-refractivity contribution is 5.48. The van der Waals surface area contributed by atoms with Crippen molar-refractivity contribution < 1.29 is 18.6 Å². The van der Waals surface area contributed by atoms with Gasteiger partial charge in [-0.1, -0.05) is 6.92 Å². The zero-order valence-electron chi connectivity index (χ0n) is 11.7. The maximum atomic E-state index is 13.7. The molecule has 0 radical (unpaired) electrons. The maximum Gasteiger partial charge on any atom is 0.168 e. The lowest BCUT2D eigenvalue weighted by Gasteiger charge is -2.18. The van der Waals surface area contributed by atoms with Gasteiger partial charge in [0, 0.05) is 26.3 Å². The second-order valence-electron chi connectivity index (χ2n) is 4.38. The minimum absolute atomic E-state index is 0.0101. The van der Waals surface area contributed by atoms with Crippen LogP contribution in [0.5, 0.6) is 0 Å². The molecule has 20 heavy (non-hydrogen) atoms. The molecule has 1 aromatic heterocycles. The first-order valence-corrected chi connectivity index (χ1v) is 6.58. The number of aliphatic hydroxyl groups is 1. The van der Waals surface area contributed by atoms with Crippen LogP contribution in [0, 0.1) is 11.6 Å². The van der Waals surface area contributed by atoms with Gasteiger partial charge in [-0.3, -0.25) is 0 Å². The average Bonchev–Trinajstić information content (AvgIpc) is 2.41. The summed E-state index contributed by atoms with van der Waals surface area (Å²) in [7, 11) is 1.51. The standard InChI is InChI=1S/C13H21F2N3O2/c1-3-5-16-12-10(14)7-11(15)13(18-12)17-9(4-6-19)8-20-2/h7,9,19H,3-6,8H2,1-2H3,(H2,16,17,18). The van der Waals surface area contributed by atoms with E-state index < -0.39 is 11.6 Å². The Kier molecular flexibility index (Phi) is 7.17. The minimum atomic E-state index is -0.774. The predicted octanol–water partition coefficient (Wildman–Crippen LogP) is 1.99. The van der Waals surface area contributed by atoms with Crippen LogP contribution < -0.4 is 10.6 Å². The number of rotatable bonds is 9. The van der Waals surface area contributed by atoms with Gasteiger partial charge in [0.25, 0.3) is 0 Å². The molecule has 0 saturated carbocycles. The number of hydrogen-bond donors (Lipinski definition) is 3. The second-order valence-corrected chi connectivity index (χ2v) is 4.38. The summed E-state index contributed by atoms with van der Waals surface area (Å²) in [4.78, 5) is 3.90. The quantitative estimate of drug-likeness (QED) is 0.649. The highest BCUT2D eigenvalue weighted by Crippen LogP contribution is 2.20. The Hall–Kier alpha value is -1.47. The van der Waals surface area contributed by atoms with Crippen LogP contribution in [-0.2, 0) is 4.74 Å². The third-order valence-electron chi connectivity index (χ3n) is 2.66. The summed E-state index contributed by atoms with van der Waals surface area (Å²) < 4.78 is 32.2. The first-order chi connectivity index (χ1) is 9.62. The fourth-order valence-corrected chi connectivity index (χ4v) is 1.68. The molecule has 7 heteroatoms. The molecular weight excluding hydrogens is 268 g/mol. The molecule has 3 N–H and O–H groups in total. The third-order valence-corrected chi connectivity index (χ3v) is 2.66. The number of aliphatic hydroxyl groups excluding tert-OH is 1. The van der Waals surface area contributed by atoms with Gasteiger partial charge in [-0.2, -0.15) is 0 Å². The third kappa shape index (κ3) is 4.90. The van der Waals surface area contributed by atoms with Crippen LogP contribution in [0.25, 0.3) is 0 Å². The van der Waals surface area contributed by atoms with Crippen LogP contribution in [0.4, 0.5) is 20.4 Å². The van der Waals surface area contributed by atoms with Gasteiger partial charge in [-0.15, -0.1) is 0 Å². The molecule has 1 heterocycles. The Morgan fingerprint density at radius 2 is 2.05 bits per heavy atom. The monoisotopic (exact) mass is 289 g/mol. The molecule has 1 aromatic rings. The number of methoxy groups -OCH3 is 1. The van der Waals surface area contributed by atoms with Gasteiger partial charge >= 0.3 is 0 Å². The number of ether oxygens (including phenoxy) is 1. The van der Waals surface area contributed by atoms with Crippen molar-refractivity contribution in [3.05, 3.63) is 17.7 Å². The topological polar surface area (TPSA) is 66.4 Å². The van der Waals surface area contributed by atoms with E-state index in [1.807, 2.05) is 6.92 Å². The molecule has 1 atom stereocenters. The first-order valence-electron chi connectivity index (χ1n) is 6.58. The number of nitrogens with zero attached hydrogens (tertiary/aromatic N) is 1. The van der Waals surface area contributed by atoms with Crippen LogP contribution in [0.15, 0.2) is 6.07 Å². The molecular formula is C13H21F2N3O2. The lowest BCUT2D eigenvalue weighted by Crippen LogP contribution is -2.27. The van der Waals surface area contributed by atoms with Gasteiger partial charge in [0.1, 0.15) is 0 Å². The Balaban J connectivity index is 2.86. The van der Waals surface area contributed by atoms with Crippen molar-refractivity contribution in [1.82, 2.24) is 4.98 Å². The van der Waals surface area contributed by atoms with E-state index in [9.17, 15) is 8.78 Å². The smallest absolute Gasteiger partial charge is 0.168 e. The van der Waals surface area contributed by atoms with Crippen LogP contribution in [0.1, 0.15) is 19.8 Å². The lowest BCUT2D eigenvalue weighted by atomic mass is 10.2. The summed E-state index contributed by atoms with van der Waals surface area (Å²) in [6, 6.07) is 0.493. The fourth-order valence-electron chi connectivity index (χ4n) is 1.68. The van der Waals surface area contributed by atoms with E-state index >= 15 is 0 Å². The van der Waals surface area contributed by atoms with Crippen LogP contribution >= 0.6 is 0 Å². The summed E-state index contributed by atoms with van der Waals surface area (Å²) in [5, 5.41) is 14.6. The molecule has 5 nitrogen and oxygen atoms in total. The summed E-state index contributed by atoms with van der Waals surface area (Å²) in [5.74, 6) is -1.55. The Bertz CT molecular complexity index is 413. The number of hydrogen-bond acceptors (Lipinski definition) is 5. The van der Waals surface area contributed by atoms with Crippen molar-refractivity contribution in [3.63, 3.8) is 0 Å². The molecule has 0 aromatic carbocycles. The number of nitrogens with one attached hydrogen (secondary N) is 2. The Morgan fingerprint density at radius 3 is 2.65 bits per heavy atom. The number of anilines is 2. The zero-order valence-corrected chi connectivity index (χ0v) is 11.7. The van der Waals surface area contributed by atoms with Crippen molar-refractivity contribution in [1.29, 1.82) is 0 Å². The van der Waals surface area contributed by atoms with E-state index in [1.165, 1.54) is 7.11 Å². The molecule has 0 aliphatic heterocycles. The highest BCUT2D eigenvalue weighted by Gasteiger charge is 2.15. The maximum absolute atomic E-state index is 13.7. The molecule has 0 saturated heterocycles. The summed E-state index contributed by atoms with van der Waals surface area (Å²) in [6.45, 7) is 2.71. The molecule has 1 rings (SSSR count). The molecule has 0 amide bonds. The van der Waals surface area contributed by atoms with E-state index in [1.54, 1.807) is 0 Å². The molecule has 0 spiro atoms. The Labute approximate surface area is 117 Å². The van der Waals surface area contributed by atoms with E-state index in [2.05, 4.69) is 15.6 Å². The minimum Gasteiger partial charge on any atom is -0.396 e. The van der Waals surface area contributed by atoms with Crippen molar-refractivity contribution in [2.24, 2.45) is 0 Å². The van der Waals surface area contributed by atoms with Gasteiger partial charge in [-0.05, 0) is 12.8 Å². The van der Waals surface area contributed by atoms with Crippen LogP contribution in [-0.4, -0.2) is 43.0 Å². The summed E-state index contributed by atoms with van der Waals surface area (Å²) in [5.41, 5.74) is 0. The van der Waals surface area contributed by atoms with Crippen LogP contribution in [0.3, 0.4) is 0 Å². The van der Waals surface area contributed by atoms with Gasteiger partial charge in [0.15, 0.2) is 23.3 Å². The van der Waals surface area contributed by atoms with Gasteiger partial charge in [0.2, 0.25) is 0 Å². The van der Waals surface area contributed by atoms with Crippen LogP contribution in [0.2, 0.25) is 0 Å². The largest absolute Gasteiger partial charge is 0.396 e. The normalized spacial score (nSPS) is 12.2. The van der Waals surface area contributed by atoms with Crippen molar-refractivity contribution >= 4 is 11.6 Å². The van der Waals surface area contributed by atoms with Gasteiger partial charge in [-0.25, -0.2) is 13.8 Å². The molecule has 1 unspecified atom stereocenters. The number of halogens is 2. The van der Waals surface area contributed by atoms with E-state index in [0.717, 1.165) is 12.5 Å². The second kappa shape index (κ2) is 8.65. The molecule has 0 aliphatic carbocycles. The molecule has 0 aliphatic rings. The SMILES string of the molecule is CCCNc1nc(NC(CCO)COC)c(F)cc1F. The fraction of sp³-hybridized carbons (Fsp3) is 0.615. The predicted molar refractivity (Wildman–Crippen MR) is 73.9 cm³/mol. The molecule has 0 bridgehead atoms. The van der Waals surface area contributed by atoms with Crippen molar-refractivity contribution in [2.75, 3.05) is 37.5 Å². The zero-order chi connectivity index (χ0) is 15.0. The lowest BCUT2D eigenvalue weighted by molar-refractivity contribution is 0.170. The summed E-state index contributed by atoms with van der Waals surface area (Å²) >= 11 is 0. The van der Waals surface area contributed by atoms with E-state index in [4.69, 9.17) is 9.84 Å². The highest BCUT2D eigenvalue weighted by atomic mass is 19.1. The van der Waals surface area contributed by atoms with E-state index in [-0.39, 0.29) is 30.9 Å². The first kappa shape index (κ1) is 16.6. The van der Waals surface area contributed by atoms with Crippen molar-refractivity contribution in [3.8, 4) is 0 Å². The number of aromatic nitrogens is 1. The van der Waals surface area contributed by atoms with Crippen molar-refractivity contribution in [2.45, 2.75) is 25.8 Å². The average molecular weight is 289 g/mol. The van der Waals surface area contributed by atoms with Gasteiger partial charge < -0.3 is 20.5 Å². The Morgan fingerprint density at radius 1 is 1.35 bits per heavy atom. The molecule has 0 fully saturated rings. The van der Waals surface area contributed by atoms with Gasteiger partial charge in [0.05, 0.1) is 12.6 Å². The molecule has 114 valence electrons.